The molecule has 0 aliphatic carbocycles. The van der Waals surface area contributed by atoms with Crippen LogP contribution in [0.4, 0.5) is 37.8 Å². The minimum absolute atomic E-state index is 0.0581. The number of carbonyl (C=O) groups excluding carboxylic acids is 1. The average Bonchev–Trinajstić information content (AvgIpc) is 3.02. The molecule has 7 nitrogen and oxygen atoms in total. The molecule has 2 aliphatic heterocycles. The average molecular weight is 650 g/mol. The number of carbonyl (C=O) groups is 1. The number of benzene rings is 1. The molecule has 3 aromatic rings. The van der Waals surface area contributed by atoms with Gasteiger partial charge in [0, 0.05) is 56.2 Å². The number of aryl methyl sites for hydroxylation is 1. The molecule has 46 heavy (non-hydrogen) atoms. The Morgan fingerprint density at radius 1 is 0.978 bits per heavy atom. The zero-order chi connectivity index (χ0) is 33.6. The molecule has 13 heteroatoms. The van der Waals surface area contributed by atoms with Crippen molar-refractivity contribution in [2.75, 3.05) is 49.7 Å². The number of halogens is 6. The fourth-order valence-corrected chi connectivity index (χ4v) is 6.26. The van der Waals surface area contributed by atoms with Gasteiger partial charge >= 0.3 is 12.4 Å². The van der Waals surface area contributed by atoms with E-state index in [0.717, 1.165) is 25.1 Å². The summed E-state index contributed by atoms with van der Waals surface area (Å²) in [5.74, 6) is -0.0245. The molecule has 5 rings (SSSR count). The zero-order valence-corrected chi connectivity index (χ0v) is 26.3. The summed E-state index contributed by atoms with van der Waals surface area (Å²) in [7, 11) is 1.45. The van der Waals surface area contributed by atoms with Crippen LogP contribution in [-0.4, -0.2) is 72.8 Å². The van der Waals surface area contributed by atoms with Crippen LogP contribution in [0.2, 0.25) is 0 Å². The van der Waals surface area contributed by atoms with Gasteiger partial charge < -0.3 is 14.5 Å². The number of likely N-dealkylation sites (N-methyl/N-ethyl adjacent to an activating group) is 1. The molecule has 0 bridgehead atoms. The van der Waals surface area contributed by atoms with Crippen LogP contribution < -0.4 is 9.80 Å². The molecule has 0 radical (unpaired) electrons. The van der Waals surface area contributed by atoms with E-state index in [2.05, 4.69) is 21.7 Å². The number of piperazine rings is 1. The standard InChI is InChI=1S/C33H37F6N5O2/c1-6-24-17-43-9-10-46-19-25(43)18-44(24)29-14-26(27-15-40-8-7-20(27)2)28(16-41-29)42(5)30(45)31(3,4)21-11-22(32(34,35)36)13-23(12-21)33(37,38)39/h7-8,11-16,24-25H,6,9-10,17-19H2,1-5H3/t24-,25+/m1/s1. The molecule has 0 spiro atoms. The lowest BCUT2D eigenvalue weighted by molar-refractivity contribution is -0.143. The van der Waals surface area contributed by atoms with E-state index in [9.17, 15) is 31.1 Å². The van der Waals surface area contributed by atoms with Crippen LogP contribution in [0.15, 0.2) is 48.9 Å². The smallest absolute Gasteiger partial charge is 0.378 e. The third-order valence-corrected chi connectivity index (χ3v) is 9.12. The van der Waals surface area contributed by atoms with Gasteiger partial charge in [-0.3, -0.25) is 14.7 Å². The lowest BCUT2D eigenvalue weighted by Crippen LogP contribution is -2.62. The van der Waals surface area contributed by atoms with Gasteiger partial charge in [0.1, 0.15) is 5.82 Å². The highest BCUT2D eigenvalue weighted by atomic mass is 19.4. The number of nitrogens with zero attached hydrogens (tertiary/aromatic N) is 5. The largest absolute Gasteiger partial charge is 0.416 e. The number of rotatable bonds is 6. The summed E-state index contributed by atoms with van der Waals surface area (Å²) >= 11 is 0. The Balaban J connectivity index is 1.57. The molecule has 0 N–H and O–H groups in total. The third-order valence-electron chi connectivity index (χ3n) is 9.12. The van der Waals surface area contributed by atoms with Crippen LogP contribution in [0.5, 0.6) is 0 Å². The van der Waals surface area contributed by atoms with Gasteiger partial charge in [0.05, 0.1) is 47.7 Å². The molecule has 1 amide bonds. The van der Waals surface area contributed by atoms with Crippen LogP contribution in [0.25, 0.3) is 11.1 Å². The van der Waals surface area contributed by atoms with E-state index in [-0.39, 0.29) is 18.2 Å². The number of pyridine rings is 2. The summed E-state index contributed by atoms with van der Waals surface area (Å²) in [5.41, 5.74) is -2.62. The number of aromatic nitrogens is 2. The molecular weight excluding hydrogens is 612 g/mol. The summed E-state index contributed by atoms with van der Waals surface area (Å²) in [4.78, 5) is 29.0. The zero-order valence-electron chi connectivity index (χ0n) is 26.3. The minimum atomic E-state index is -5.04. The monoisotopic (exact) mass is 649 g/mol. The first-order chi connectivity index (χ1) is 21.5. The van der Waals surface area contributed by atoms with Crippen molar-refractivity contribution in [1.82, 2.24) is 14.9 Å². The van der Waals surface area contributed by atoms with Gasteiger partial charge in [-0.15, -0.1) is 0 Å². The molecule has 1 aromatic carbocycles. The molecule has 248 valence electrons. The maximum absolute atomic E-state index is 14.1. The number of amides is 1. The predicted octanol–water partition coefficient (Wildman–Crippen LogP) is 6.73. The highest BCUT2D eigenvalue weighted by Crippen LogP contribution is 2.41. The van der Waals surface area contributed by atoms with E-state index in [1.54, 1.807) is 12.4 Å². The van der Waals surface area contributed by atoms with Crippen LogP contribution in [0.3, 0.4) is 0 Å². The van der Waals surface area contributed by atoms with Gasteiger partial charge in [0.25, 0.3) is 0 Å². The van der Waals surface area contributed by atoms with E-state index in [0.29, 0.717) is 54.5 Å². The summed E-state index contributed by atoms with van der Waals surface area (Å²) in [6.45, 7) is 10.3. The highest BCUT2D eigenvalue weighted by Gasteiger charge is 2.42. The lowest BCUT2D eigenvalue weighted by Gasteiger charge is -2.48. The summed E-state index contributed by atoms with van der Waals surface area (Å²) < 4.78 is 87.8. The first-order valence-electron chi connectivity index (χ1n) is 15.1. The Morgan fingerprint density at radius 3 is 2.24 bits per heavy atom. The van der Waals surface area contributed by atoms with Gasteiger partial charge in [-0.25, -0.2) is 4.98 Å². The first kappa shape index (κ1) is 33.6. The third kappa shape index (κ3) is 6.57. The van der Waals surface area contributed by atoms with Crippen LogP contribution >= 0.6 is 0 Å². The number of hydrogen-bond acceptors (Lipinski definition) is 6. The number of alkyl halides is 6. The van der Waals surface area contributed by atoms with Gasteiger partial charge in [-0.2, -0.15) is 26.3 Å². The van der Waals surface area contributed by atoms with Crippen LogP contribution in [0, 0.1) is 6.92 Å². The first-order valence-corrected chi connectivity index (χ1v) is 15.1. The van der Waals surface area contributed by atoms with Crippen molar-refractivity contribution in [3.63, 3.8) is 0 Å². The van der Waals surface area contributed by atoms with Gasteiger partial charge in [-0.1, -0.05) is 6.92 Å². The Morgan fingerprint density at radius 2 is 1.63 bits per heavy atom. The number of morpholine rings is 1. The SMILES string of the molecule is CC[C@@H]1CN2CCOC[C@@H]2CN1c1cc(-c2cnccc2C)c(N(C)C(=O)C(C)(C)c2cc(C(F)(F)F)cc(C(F)(F)F)c2)cn1. The van der Waals surface area contributed by atoms with E-state index in [1.807, 2.05) is 19.1 Å². The molecule has 2 aliphatic rings. The second kappa shape index (κ2) is 12.5. The van der Waals surface area contributed by atoms with Gasteiger partial charge in [-0.05, 0) is 68.7 Å². The van der Waals surface area contributed by atoms with Crippen LogP contribution in [0.1, 0.15) is 49.4 Å². The maximum atomic E-state index is 14.1. The molecule has 2 saturated heterocycles. The lowest BCUT2D eigenvalue weighted by atomic mass is 9.81. The number of hydrogen-bond donors (Lipinski definition) is 0. The summed E-state index contributed by atoms with van der Waals surface area (Å²) in [5, 5.41) is 0. The van der Waals surface area contributed by atoms with Crippen molar-refractivity contribution in [2.45, 2.75) is 64.0 Å². The Labute approximate surface area is 264 Å². The van der Waals surface area contributed by atoms with E-state index in [1.165, 1.54) is 32.0 Å². The van der Waals surface area contributed by atoms with Crippen molar-refractivity contribution in [3.8, 4) is 11.1 Å². The molecule has 0 unspecified atom stereocenters. The topological polar surface area (TPSA) is 61.8 Å². The number of anilines is 2. The van der Waals surface area contributed by atoms with Crippen molar-refractivity contribution in [3.05, 3.63) is 71.2 Å². The van der Waals surface area contributed by atoms with E-state index >= 15 is 0 Å². The normalized spacial score (nSPS) is 19.6. The predicted molar refractivity (Wildman–Crippen MR) is 163 cm³/mol. The van der Waals surface area contributed by atoms with Gasteiger partial charge in [0.2, 0.25) is 5.91 Å². The Hall–Kier alpha value is -3.71. The Bertz CT molecular complexity index is 1560. The van der Waals surface area contributed by atoms with Crippen LogP contribution in [-0.2, 0) is 27.3 Å². The van der Waals surface area contributed by atoms with Gasteiger partial charge in [0.15, 0.2) is 0 Å². The highest BCUT2D eigenvalue weighted by molar-refractivity contribution is 6.03. The molecule has 4 heterocycles. The fraction of sp³-hybridized carbons (Fsp3) is 0.485. The van der Waals surface area contributed by atoms with Crippen molar-refractivity contribution in [1.29, 1.82) is 0 Å². The quantitative estimate of drug-likeness (QED) is 0.276. The Kier molecular flexibility index (Phi) is 9.13. The molecule has 2 aromatic heterocycles. The second-order valence-electron chi connectivity index (χ2n) is 12.5. The number of ether oxygens (including phenoxy) is 1. The minimum Gasteiger partial charge on any atom is -0.378 e. The number of fused-ring (bicyclic) bond motifs is 1. The second-order valence-corrected chi connectivity index (χ2v) is 12.5. The van der Waals surface area contributed by atoms with E-state index in [4.69, 9.17) is 9.72 Å². The molecule has 0 saturated carbocycles. The molecule has 2 atom stereocenters. The van der Waals surface area contributed by atoms with Crippen molar-refractivity contribution in [2.24, 2.45) is 0 Å². The summed E-state index contributed by atoms with van der Waals surface area (Å²) in [6.07, 6.45) is -4.38. The molecular formula is C33H37F6N5O2. The molecule has 2 fully saturated rings. The fourth-order valence-electron chi connectivity index (χ4n) is 6.26. The maximum Gasteiger partial charge on any atom is 0.416 e. The van der Waals surface area contributed by atoms with E-state index < -0.39 is 40.4 Å². The van der Waals surface area contributed by atoms with Crippen molar-refractivity contribution < 1.29 is 35.9 Å². The summed E-state index contributed by atoms with van der Waals surface area (Å²) in [6, 6.07) is 5.34. The van der Waals surface area contributed by atoms with Crippen molar-refractivity contribution >= 4 is 17.4 Å².